The van der Waals surface area contributed by atoms with Gasteiger partial charge in [0.05, 0.1) is 5.01 Å². The lowest BCUT2D eigenvalue weighted by atomic mass is 9.87. The van der Waals surface area contributed by atoms with Crippen molar-refractivity contribution in [3.05, 3.63) is 16.1 Å². The normalized spacial score (nSPS) is 15.1. The molecule has 0 atom stereocenters. The van der Waals surface area contributed by atoms with Gasteiger partial charge in [-0.25, -0.2) is 4.98 Å². The fourth-order valence-electron chi connectivity index (χ4n) is 3.23. The summed E-state index contributed by atoms with van der Waals surface area (Å²) in [6, 6.07) is 0. The Morgan fingerprint density at radius 1 is 1.22 bits per heavy atom. The number of rotatable bonds is 9. The summed E-state index contributed by atoms with van der Waals surface area (Å²) in [7, 11) is 0. The van der Waals surface area contributed by atoms with Gasteiger partial charge in [0.15, 0.2) is 5.96 Å². The number of carbonyl (C=O) groups excluding carboxylic acids is 1. The van der Waals surface area contributed by atoms with Crippen LogP contribution in [0.3, 0.4) is 0 Å². The van der Waals surface area contributed by atoms with Gasteiger partial charge < -0.3 is 16.0 Å². The highest BCUT2D eigenvalue weighted by atomic mass is 127. The molecular weight excluding hydrogens is 473 g/mol. The predicted octanol–water partition coefficient (Wildman–Crippen LogP) is 3.25. The van der Waals surface area contributed by atoms with Gasteiger partial charge in [-0.2, -0.15) is 0 Å². The van der Waals surface area contributed by atoms with Gasteiger partial charge in [-0.15, -0.1) is 35.3 Å². The fourth-order valence-corrected chi connectivity index (χ4v) is 4.01. The maximum absolute atomic E-state index is 12.0. The van der Waals surface area contributed by atoms with Gasteiger partial charge in [0.1, 0.15) is 0 Å². The highest BCUT2D eigenvalue weighted by molar-refractivity contribution is 14.0. The van der Waals surface area contributed by atoms with E-state index in [9.17, 15) is 4.79 Å². The Hall–Kier alpha value is -0.900. The van der Waals surface area contributed by atoms with Crippen molar-refractivity contribution in [2.45, 2.75) is 58.8 Å². The lowest BCUT2D eigenvalue weighted by molar-refractivity contribution is -0.122. The van der Waals surface area contributed by atoms with Crippen LogP contribution < -0.4 is 16.0 Å². The number of guanidine groups is 1. The Kier molecular flexibility index (Phi) is 12.6. The molecule has 0 aromatic carbocycles. The molecular formula is C19H34IN5OS. The topological polar surface area (TPSA) is 78.4 Å². The van der Waals surface area contributed by atoms with Crippen LogP contribution in [-0.2, 0) is 11.2 Å². The predicted molar refractivity (Wildman–Crippen MR) is 124 cm³/mol. The second kappa shape index (κ2) is 14.1. The summed E-state index contributed by atoms with van der Waals surface area (Å²) in [6.07, 6.45) is 9.75. The van der Waals surface area contributed by atoms with E-state index in [0.29, 0.717) is 32.0 Å². The number of halogens is 1. The molecule has 2 rings (SSSR count). The monoisotopic (exact) mass is 507 g/mol. The van der Waals surface area contributed by atoms with Gasteiger partial charge in [-0.05, 0) is 32.6 Å². The highest BCUT2D eigenvalue weighted by Gasteiger charge is 2.16. The molecule has 0 bridgehead atoms. The number of aromatic nitrogens is 1. The first-order chi connectivity index (χ1) is 12.7. The molecule has 8 heteroatoms. The molecule has 6 nitrogen and oxygen atoms in total. The standard InChI is InChI=1S/C19H33N5OS.HI/c1-3-20-19(22-10-9-18-24-14-15(2)26-18)23-12-11-21-17(25)13-16-7-5-4-6-8-16;/h14,16H,3-13H2,1-2H3,(H,21,25)(H2,20,22,23);1H. The second-order valence-corrected chi connectivity index (χ2v) is 8.18. The van der Waals surface area contributed by atoms with Gasteiger partial charge >= 0.3 is 0 Å². The summed E-state index contributed by atoms with van der Waals surface area (Å²) < 4.78 is 0. The first kappa shape index (κ1) is 24.1. The first-order valence-corrected chi connectivity index (χ1v) is 10.7. The average molecular weight is 507 g/mol. The zero-order valence-corrected chi connectivity index (χ0v) is 19.7. The molecule has 0 aliphatic heterocycles. The van der Waals surface area contributed by atoms with Crippen LogP contribution in [0.1, 0.15) is 55.3 Å². The number of hydrogen-bond donors (Lipinski definition) is 3. The molecule has 1 aromatic heterocycles. The maximum Gasteiger partial charge on any atom is 0.220 e. The number of aliphatic imine (C=N–C) groups is 1. The van der Waals surface area contributed by atoms with E-state index in [4.69, 9.17) is 0 Å². The minimum atomic E-state index is 0. The van der Waals surface area contributed by atoms with Gasteiger partial charge in [-0.1, -0.05) is 19.3 Å². The Morgan fingerprint density at radius 2 is 1.96 bits per heavy atom. The smallest absolute Gasteiger partial charge is 0.220 e. The molecule has 27 heavy (non-hydrogen) atoms. The fraction of sp³-hybridized carbons (Fsp3) is 0.737. The molecule has 1 saturated carbocycles. The summed E-state index contributed by atoms with van der Waals surface area (Å²) in [5.41, 5.74) is 0. The molecule has 1 fully saturated rings. The van der Waals surface area contributed by atoms with E-state index in [-0.39, 0.29) is 29.9 Å². The van der Waals surface area contributed by atoms with E-state index in [1.807, 2.05) is 13.1 Å². The minimum Gasteiger partial charge on any atom is -0.357 e. The molecule has 1 aliphatic rings. The number of nitrogens with one attached hydrogen (secondary N) is 3. The van der Waals surface area contributed by atoms with Crippen LogP contribution in [-0.4, -0.2) is 43.0 Å². The molecule has 0 spiro atoms. The third-order valence-corrected chi connectivity index (χ3v) is 5.52. The Balaban J connectivity index is 0.00000364. The maximum atomic E-state index is 12.0. The van der Waals surface area contributed by atoms with Gasteiger partial charge in [0.2, 0.25) is 5.91 Å². The van der Waals surface area contributed by atoms with Crippen molar-refractivity contribution in [2.24, 2.45) is 10.9 Å². The summed E-state index contributed by atoms with van der Waals surface area (Å²) in [6.45, 7) is 6.94. The van der Waals surface area contributed by atoms with Crippen molar-refractivity contribution in [3.8, 4) is 0 Å². The van der Waals surface area contributed by atoms with E-state index in [1.54, 1.807) is 11.3 Å². The van der Waals surface area contributed by atoms with Crippen LogP contribution in [0.2, 0.25) is 0 Å². The van der Waals surface area contributed by atoms with Crippen LogP contribution in [0.25, 0.3) is 0 Å². The molecule has 1 amide bonds. The van der Waals surface area contributed by atoms with Crippen LogP contribution >= 0.6 is 35.3 Å². The van der Waals surface area contributed by atoms with E-state index < -0.39 is 0 Å². The van der Waals surface area contributed by atoms with Crippen molar-refractivity contribution in [1.82, 2.24) is 20.9 Å². The molecule has 0 unspecified atom stereocenters. The molecule has 3 N–H and O–H groups in total. The summed E-state index contributed by atoms with van der Waals surface area (Å²) in [5.74, 6) is 1.56. The largest absolute Gasteiger partial charge is 0.357 e. The van der Waals surface area contributed by atoms with Crippen LogP contribution in [0.4, 0.5) is 0 Å². The van der Waals surface area contributed by atoms with Gasteiger partial charge in [0.25, 0.3) is 0 Å². The number of hydrogen-bond acceptors (Lipinski definition) is 4. The second-order valence-electron chi connectivity index (χ2n) is 6.86. The van der Waals surface area contributed by atoms with Crippen molar-refractivity contribution < 1.29 is 4.79 Å². The SMILES string of the molecule is CCNC(=NCCc1ncc(C)s1)NCCNC(=O)CC1CCCCC1.I. The molecule has 0 saturated heterocycles. The molecule has 154 valence electrons. The zero-order valence-electron chi connectivity index (χ0n) is 16.6. The van der Waals surface area contributed by atoms with Crippen molar-refractivity contribution in [2.75, 3.05) is 26.2 Å². The third-order valence-electron chi connectivity index (χ3n) is 4.55. The zero-order chi connectivity index (χ0) is 18.6. The number of carbonyl (C=O) groups is 1. The van der Waals surface area contributed by atoms with E-state index in [2.05, 4.69) is 32.9 Å². The Morgan fingerprint density at radius 3 is 2.63 bits per heavy atom. The van der Waals surface area contributed by atoms with E-state index >= 15 is 0 Å². The first-order valence-electron chi connectivity index (χ1n) is 9.87. The average Bonchev–Trinajstić information content (AvgIpc) is 3.04. The minimum absolute atomic E-state index is 0. The molecule has 1 aliphatic carbocycles. The number of thiazole rings is 1. The molecule has 1 heterocycles. The summed E-state index contributed by atoms with van der Waals surface area (Å²) >= 11 is 1.72. The quantitative estimate of drug-likeness (QED) is 0.208. The molecule has 1 aromatic rings. The van der Waals surface area contributed by atoms with Crippen LogP contribution in [0.15, 0.2) is 11.2 Å². The Labute approximate surface area is 184 Å². The van der Waals surface area contributed by atoms with Crippen LogP contribution in [0, 0.1) is 12.8 Å². The summed E-state index contributed by atoms with van der Waals surface area (Å²) in [5, 5.41) is 10.7. The number of nitrogens with zero attached hydrogens (tertiary/aromatic N) is 2. The van der Waals surface area contributed by atoms with Gasteiger partial charge in [0, 0.05) is 50.1 Å². The number of amides is 1. The van der Waals surface area contributed by atoms with Crippen molar-refractivity contribution >= 4 is 47.2 Å². The van der Waals surface area contributed by atoms with E-state index in [1.165, 1.54) is 37.0 Å². The number of aryl methyl sites for hydroxylation is 1. The van der Waals surface area contributed by atoms with Crippen LogP contribution in [0.5, 0.6) is 0 Å². The van der Waals surface area contributed by atoms with Crippen molar-refractivity contribution in [3.63, 3.8) is 0 Å². The lowest BCUT2D eigenvalue weighted by Crippen LogP contribution is -2.41. The van der Waals surface area contributed by atoms with Gasteiger partial charge in [-0.3, -0.25) is 9.79 Å². The van der Waals surface area contributed by atoms with E-state index in [0.717, 1.165) is 23.9 Å². The molecule has 0 radical (unpaired) electrons. The lowest BCUT2D eigenvalue weighted by Gasteiger charge is -2.20. The van der Waals surface area contributed by atoms with Crippen molar-refractivity contribution in [1.29, 1.82) is 0 Å². The Bertz CT molecular complexity index is 572. The summed E-state index contributed by atoms with van der Waals surface area (Å²) in [4.78, 5) is 22.2. The highest BCUT2D eigenvalue weighted by Crippen LogP contribution is 2.25. The third kappa shape index (κ3) is 10.3.